The van der Waals surface area contributed by atoms with Crippen LogP contribution >= 0.6 is 0 Å². The van der Waals surface area contributed by atoms with Gasteiger partial charge in [0.25, 0.3) is 0 Å². The summed E-state index contributed by atoms with van der Waals surface area (Å²) in [6.07, 6.45) is 1.04. The number of hydrogen-bond donors (Lipinski definition) is 2. The van der Waals surface area contributed by atoms with Gasteiger partial charge in [-0.25, -0.2) is 0 Å². The van der Waals surface area contributed by atoms with Gasteiger partial charge in [0.1, 0.15) is 0 Å². The third-order valence-corrected chi connectivity index (χ3v) is 1.37. The summed E-state index contributed by atoms with van der Waals surface area (Å²) < 4.78 is 0. The van der Waals surface area contributed by atoms with Crippen molar-refractivity contribution < 1.29 is 0 Å². The van der Waals surface area contributed by atoms with Crippen molar-refractivity contribution in [2.24, 2.45) is 4.99 Å². The highest BCUT2D eigenvalue weighted by molar-refractivity contribution is 5.97. The van der Waals surface area contributed by atoms with E-state index < -0.39 is 0 Å². The molecule has 0 aliphatic carbocycles. The van der Waals surface area contributed by atoms with Crippen LogP contribution in [-0.4, -0.2) is 17.7 Å². The summed E-state index contributed by atoms with van der Waals surface area (Å²) in [6, 6.07) is 0.349. The molecular weight excluding hydrogens is 138 g/mol. The minimum absolute atomic E-state index is 0.349. The third kappa shape index (κ3) is 5.58. The lowest BCUT2D eigenvalue weighted by molar-refractivity contribution is 0.713. The highest BCUT2D eigenvalue weighted by atomic mass is 15.0. The summed E-state index contributed by atoms with van der Waals surface area (Å²) in [5.74, 6) is 1.27. The quantitative estimate of drug-likeness (QED) is 0.463. The van der Waals surface area contributed by atoms with Gasteiger partial charge in [0.05, 0.1) is 11.7 Å². The van der Waals surface area contributed by atoms with Crippen LogP contribution in [0.15, 0.2) is 4.99 Å². The Bertz CT molecular complexity index is 161. The number of aliphatic imine (C=N–C) groups is 1. The van der Waals surface area contributed by atoms with Gasteiger partial charge in [-0.05, 0) is 27.2 Å². The number of nitrogens with one attached hydrogen (secondary N) is 2. The summed E-state index contributed by atoms with van der Waals surface area (Å²) in [5.41, 5.74) is 0. The highest BCUT2D eigenvalue weighted by Gasteiger charge is 1.95. The van der Waals surface area contributed by atoms with Crippen LogP contribution in [0.3, 0.4) is 0 Å². The SMILES string of the molecule is CC[C@@H](C)N=C(C)NC(C)=N. The molecule has 1 atom stereocenters. The summed E-state index contributed by atoms with van der Waals surface area (Å²) in [7, 11) is 0. The Kier molecular flexibility index (Phi) is 4.50. The molecule has 0 heterocycles. The molecule has 0 saturated carbocycles. The predicted molar refractivity (Wildman–Crippen MR) is 49.4 cm³/mol. The lowest BCUT2D eigenvalue weighted by atomic mass is 10.3. The van der Waals surface area contributed by atoms with E-state index in [0.29, 0.717) is 11.9 Å². The normalized spacial score (nSPS) is 14.4. The molecular formula is C8H17N3. The van der Waals surface area contributed by atoms with Gasteiger partial charge >= 0.3 is 0 Å². The fraction of sp³-hybridized carbons (Fsp3) is 0.750. The van der Waals surface area contributed by atoms with E-state index in [4.69, 9.17) is 5.41 Å². The first-order valence-electron chi connectivity index (χ1n) is 3.92. The Morgan fingerprint density at radius 2 is 2.09 bits per heavy atom. The molecule has 0 aromatic carbocycles. The van der Waals surface area contributed by atoms with E-state index in [0.717, 1.165) is 12.3 Å². The lowest BCUT2D eigenvalue weighted by Gasteiger charge is -2.06. The Morgan fingerprint density at radius 1 is 1.55 bits per heavy atom. The molecule has 0 saturated heterocycles. The molecule has 0 aromatic rings. The third-order valence-electron chi connectivity index (χ3n) is 1.37. The maximum Gasteiger partial charge on any atom is 0.0987 e. The zero-order valence-corrected chi connectivity index (χ0v) is 7.73. The van der Waals surface area contributed by atoms with Crippen LogP contribution in [0.4, 0.5) is 0 Å². The van der Waals surface area contributed by atoms with Crippen molar-refractivity contribution in [3.05, 3.63) is 0 Å². The van der Waals surface area contributed by atoms with Gasteiger partial charge in [0.15, 0.2) is 0 Å². The number of nitrogens with zero attached hydrogens (tertiary/aromatic N) is 1. The van der Waals surface area contributed by atoms with Crippen LogP contribution in [0.25, 0.3) is 0 Å². The molecule has 0 aliphatic heterocycles. The van der Waals surface area contributed by atoms with Crippen LogP contribution in [0.5, 0.6) is 0 Å². The minimum atomic E-state index is 0.349. The van der Waals surface area contributed by atoms with Gasteiger partial charge in [-0.15, -0.1) is 0 Å². The summed E-state index contributed by atoms with van der Waals surface area (Å²) in [4.78, 5) is 4.30. The Balaban J connectivity index is 3.89. The van der Waals surface area contributed by atoms with Crippen LogP contribution < -0.4 is 5.32 Å². The molecule has 0 aromatic heterocycles. The molecule has 0 unspecified atom stereocenters. The Hall–Kier alpha value is -0.860. The molecule has 0 rings (SSSR count). The van der Waals surface area contributed by atoms with Crippen LogP contribution in [-0.2, 0) is 0 Å². The molecule has 0 fully saturated rings. The van der Waals surface area contributed by atoms with Gasteiger partial charge < -0.3 is 5.32 Å². The zero-order chi connectivity index (χ0) is 8.85. The van der Waals surface area contributed by atoms with Crippen molar-refractivity contribution in [2.75, 3.05) is 0 Å². The molecule has 3 heteroatoms. The van der Waals surface area contributed by atoms with Gasteiger partial charge in [-0.2, -0.15) is 0 Å². The summed E-state index contributed by atoms with van der Waals surface area (Å²) in [5, 5.41) is 9.98. The monoisotopic (exact) mass is 155 g/mol. The lowest BCUT2D eigenvalue weighted by Crippen LogP contribution is -2.26. The molecule has 2 N–H and O–H groups in total. The number of amidine groups is 2. The standard InChI is InChI=1S/C8H17N3/c1-5-6(2)10-8(4)11-7(3)9/h6H,5H2,1-4H3,(H2,9,10,11)/t6-/m1/s1. The van der Waals surface area contributed by atoms with E-state index >= 15 is 0 Å². The molecule has 0 amide bonds. The topological polar surface area (TPSA) is 48.2 Å². The van der Waals surface area contributed by atoms with E-state index in [1.807, 2.05) is 6.92 Å². The number of rotatable bonds is 2. The van der Waals surface area contributed by atoms with Crippen molar-refractivity contribution in [1.29, 1.82) is 5.41 Å². The maximum absolute atomic E-state index is 7.13. The summed E-state index contributed by atoms with van der Waals surface area (Å²) in [6.45, 7) is 7.74. The summed E-state index contributed by atoms with van der Waals surface area (Å²) >= 11 is 0. The average molecular weight is 155 g/mol. The molecule has 0 aliphatic rings. The Morgan fingerprint density at radius 3 is 2.45 bits per heavy atom. The van der Waals surface area contributed by atoms with Crippen molar-refractivity contribution >= 4 is 11.7 Å². The van der Waals surface area contributed by atoms with E-state index in [9.17, 15) is 0 Å². The van der Waals surface area contributed by atoms with E-state index in [1.54, 1.807) is 6.92 Å². The fourth-order valence-electron chi connectivity index (χ4n) is 0.725. The molecule has 0 radical (unpaired) electrons. The number of hydrogen-bond acceptors (Lipinski definition) is 2. The maximum atomic E-state index is 7.13. The highest BCUT2D eigenvalue weighted by Crippen LogP contribution is 1.94. The second-order valence-electron chi connectivity index (χ2n) is 2.72. The smallest absolute Gasteiger partial charge is 0.0987 e. The predicted octanol–water partition coefficient (Wildman–Crippen LogP) is 1.79. The zero-order valence-electron chi connectivity index (χ0n) is 7.73. The van der Waals surface area contributed by atoms with Gasteiger partial charge in [-0.1, -0.05) is 6.92 Å². The van der Waals surface area contributed by atoms with Crippen LogP contribution in [0.1, 0.15) is 34.1 Å². The fourth-order valence-corrected chi connectivity index (χ4v) is 0.725. The first-order chi connectivity index (χ1) is 5.06. The molecule has 11 heavy (non-hydrogen) atoms. The molecule has 0 spiro atoms. The van der Waals surface area contributed by atoms with E-state index in [1.165, 1.54) is 0 Å². The molecule has 3 nitrogen and oxygen atoms in total. The average Bonchev–Trinajstić information content (AvgIpc) is 1.85. The van der Waals surface area contributed by atoms with E-state index in [2.05, 4.69) is 24.2 Å². The van der Waals surface area contributed by atoms with Crippen molar-refractivity contribution in [3.8, 4) is 0 Å². The van der Waals surface area contributed by atoms with Crippen molar-refractivity contribution in [1.82, 2.24) is 5.32 Å². The van der Waals surface area contributed by atoms with Crippen molar-refractivity contribution in [2.45, 2.75) is 40.2 Å². The largest absolute Gasteiger partial charge is 0.333 e. The minimum Gasteiger partial charge on any atom is -0.333 e. The van der Waals surface area contributed by atoms with Gasteiger partial charge in [0.2, 0.25) is 0 Å². The first-order valence-corrected chi connectivity index (χ1v) is 3.92. The Labute approximate surface area is 68.4 Å². The molecule has 64 valence electrons. The van der Waals surface area contributed by atoms with Crippen LogP contribution in [0, 0.1) is 5.41 Å². The second kappa shape index (κ2) is 4.88. The van der Waals surface area contributed by atoms with Gasteiger partial charge in [0, 0.05) is 6.04 Å². The van der Waals surface area contributed by atoms with Gasteiger partial charge in [-0.3, -0.25) is 10.4 Å². The van der Waals surface area contributed by atoms with Crippen LogP contribution in [0.2, 0.25) is 0 Å². The first kappa shape index (κ1) is 10.1. The van der Waals surface area contributed by atoms with E-state index in [-0.39, 0.29) is 0 Å². The second-order valence-corrected chi connectivity index (χ2v) is 2.72. The molecule has 0 bridgehead atoms. The van der Waals surface area contributed by atoms with Crippen molar-refractivity contribution in [3.63, 3.8) is 0 Å².